The average molecular weight is 1730 g/mol. The summed E-state index contributed by atoms with van der Waals surface area (Å²) in [5.41, 5.74) is 0.527. The lowest BCUT2D eigenvalue weighted by Crippen LogP contribution is -2.56. The number of aliphatic carboxylic acids is 2. The summed E-state index contributed by atoms with van der Waals surface area (Å²) in [7, 11) is -19.3. The Morgan fingerprint density at radius 2 is 0.908 bits per heavy atom. The molecule has 45 heteroatoms. The maximum atomic E-state index is 14.2. The molecule has 4 aromatic carbocycles. The number of benzene rings is 4. The quantitative estimate of drug-likeness (QED) is 0.0190. The van der Waals surface area contributed by atoms with Crippen LogP contribution in [0.1, 0.15) is 112 Å². The molecule has 4 aromatic heterocycles. The van der Waals surface area contributed by atoms with E-state index in [-0.39, 0.29) is 83.7 Å². The number of pyridine rings is 2. The molecule has 0 radical (unpaired) electrons. The Morgan fingerprint density at radius 3 is 1.27 bits per heavy atom. The Bertz CT molecular complexity index is 5750. The van der Waals surface area contributed by atoms with Crippen molar-refractivity contribution >= 4 is 127 Å². The first kappa shape index (κ1) is 92.5. The third-order valence-electron chi connectivity index (χ3n) is 18.0. The number of amides is 7. The lowest BCUT2D eigenvalue weighted by Gasteiger charge is -2.25. The average Bonchev–Trinajstić information content (AvgIpc) is 1.09. The van der Waals surface area contributed by atoms with Gasteiger partial charge in [0.15, 0.2) is 11.9 Å². The largest absolute Gasteiger partial charge is 0.480 e. The van der Waals surface area contributed by atoms with Crippen LogP contribution in [-0.4, -0.2) is 209 Å². The van der Waals surface area contributed by atoms with E-state index in [0.29, 0.717) is 45.3 Å². The zero-order chi connectivity index (χ0) is 87.8. The summed E-state index contributed by atoms with van der Waals surface area (Å²) in [6, 6.07) is 5.51. The Labute approximate surface area is 682 Å². The van der Waals surface area contributed by atoms with Gasteiger partial charge in [0.25, 0.3) is 32.1 Å². The lowest BCUT2D eigenvalue weighted by molar-refractivity contribution is -0.139. The first-order valence-electron chi connectivity index (χ1n) is 36.7. The van der Waals surface area contributed by atoms with E-state index >= 15 is 0 Å². The first-order chi connectivity index (χ1) is 55.7. The van der Waals surface area contributed by atoms with E-state index in [1.54, 1.807) is 74.8 Å². The second kappa shape index (κ2) is 39.5. The van der Waals surface area contributed by atoms with E-state index in [1.807, 2.05) is 0 Å². The van der Waals surface area contributed by atoms with E-state index in [9.17, 15) is 106 Å². The number of nitrogens with zero attached hydrogens (tertiary/aromatic N) is 4. The molecule has 17 N–H and O–H groups in total. The van der Waals surface area contributed by atoms with Crippen molar-refractivity contribution in [1.29, 1.82) is 0 Å². The second-order valence-corrected chi connectivity index (χ2v) is 35.3. The van der Waals surface area contributed by atoms with E-state index < -0.39 is 189 Å². The Kier molecular flexibility index (Phi) is 30.7. The molecule has 0 bridgehead atoms. The number of carbonyl (C=O) groups excluding carboxylic acids is 7. The van der Waals surface area contributed by atoms with E-state index in [1.165, 1.54) is 82.1 Å². The number of carbonyl (C=O) groups is 9. The summed E-state index contributed by atoms with van der Waals surface area (Å²) >= 11 is 0. The molecule has 0 saturated heterocycles. The smallest absolute Gasteiger partial charge is 0.408 e. The maximum Gasteiger partial charge on any atom is 0.408 e. The summed E-state index contributed by atoms with van der Waals surface area (Å²) < 4.78 is 137. The minimum atomic E-state index is -5.17. The number of sulfonamides is 2. The number of alkyl carbamates (subject to hydrolysis) is 1. The van der Waals surface area contributed by atoms with E-state index in [4.69, 9.17) is 4.74 Å². The van der Waals surface area contributed by atoms with Gasteiger partial charge < -0.3 is 81.9 Å². The van der Waals surface area contributed by atoms with Gasteiger partial charge in [0, 0.05) is 107 Å². The van der Waals surface area contributed by atoms with Crippen molar-refractivity contribution in [2.24, 2.45) is 0 Å². The number of aryl methyl sites for hydroxylation is 8. The van der Waals surface area contributed by atoms with Crippen LogP contribution < -0.4 is 68.2 Å². The van der Waals surface area contributed by atoms with Gasteiger partial charge in [-0.15, -0.1) is 0 Å². The molecule has 8 aromatic rings. The Hall–Kier alpha value is -12.0. The minimum Gasteiger partial charge on any atom is -0.480 e. The van der Waals surface area contributed by atoms with Gasteiger partial charge in [0.1, 0.15) is 58.4 Å². The standard InChI is InChI=1S/C74H93N17O24S4/c1-40-26-42(3)62(43(4)27-40)118(111,112)88-53(69(100)101)34-81-64(95)50-36-90(57-30-46(12-14-48(57)60(50)93)32-83-71-77-20-21-78-71)24-10-18-75-66(97)55(38-116(105,106)107)85-59(92)17-16-52(87-73(104)115-74(7,8)9)68(99)86-56(39-117(108,109)110)67(98)76-19-11-25-91-37-51(61(94)49-15-13-47(31-58(49)91)33-84-72-79-22-23-80-72)65(96)82-35-54(70(102)103)89-119(113,114)63-44(5)28-41(2)29-45(63)6/h12-15,20-23,26-31,36-37,52-56,88-89H,10-11,16-19,24-25,32-35,38-39H2,1-9H3,(H,75,97)(H,76,98)(H,81,95)(H,82,96)(H,85,92)(H,86,99)(H,87,104)(H,100,101)(H,102,103)(H2,77,78,83)(H2,79,80,84)(H,105,106,107)(H,108,109,110)/t52-,53?,54?,55-,56-/m0/s1. The van der Waals surface area contributed by atoms with Gasteiger partial charge >= 0.3 is 18.0 Å². The highest BCUT2D eigenvalue weighted by molar-refractivity contribution is 7.90. The molecule has 41 nitrogen and oxygen atoms in total. The molecule has 8 rings (SSSR count). The molecule has 0 spiro atoms. The fourth-order valence-corrected chi connectivity index (χ4v) is 17.6. The van der Waals surface area contributed by atoms with Crippen molar-refractivity contribution in [1.82, 2.24) is 75.7 Å². The Morgan fingerprint density at radius 1 is 0.513 bits per heavy atom. The third kappa shape index (κ3) is 26.5. The summed E-state index contributed by atoms with van der Waals surface area (Å²) in [6.07, 6.45) is 5.28. The van der Waals surface area contributed by atoms with Crippen molar-refractivity contribution in [2.75, 3.05) is 48.3 Å². The van der Waals surface area contributed by atoms with Crippen molar-refractivity contribution < 1.29 is 101 Å². The second-order valence-electron chi connectivity index (χ2n) is 29.0. The van der Waals surface area contributed by atoms with E-state index in [2.05, 4.69) is 77.2 Å². The number of ether oxygens (including phenoxy) is 1. The van der Waals surface area contributed by atoms with Gasteiger partial charge in [-0.05, 0) is 139 Å². The molecule has 0 aliphatic heterocycles. The van der Waals surface area contributed by atoms with Gasteiger partial charge in [0.05, 0.1) is 20.8 Å². The summed E-state index contributed by atoms with van der Waals surface area (Å²) in [4.78, 5) is 164. The summed E-state index contributed by atoms with van der Waals surface area (Å²) in [5, 5.41) is 42.3. The number of H-pyrrole nitrogens is 2. The van der Waals surface area contributed by atoms with Crippen LogP contribution in [0, 0.1) is 41.5 Å². The molecule has 4 heterocycles. The highest BCUT2D eigenvalue weighted by Crippen LogP contribution is 2.25. The number of hydrogen-bond acceptors (Lipinski definition) is 24. The lowest BCUT2D eigenvalue weighted by atomic mass is 10.1. The van der Waals surface area contributed by atoms with Crippen molar-refractivity contribution in [3.63, 3.8) is 0 Å². The number of nitrogens with one attached hydrogen (secondary N) is 13. The molecule has 5 atom stereocenters. The number of imidazole rings is 2. The zero-order valence-corrected chi connectivity index (χ0v) is 69.2. The van der Waals surface area contributed by atoms with Crippen molar-refractivity contribution in [2.45, 2.75) is 160 Å². The van der Waals surface area contributed by atoms with Crippen LogP contribution in [-0.2, 0) is 100.0 Å². The van der Waals surface area contributed by atoms with Crippen LogP contribution in [0.15, 0.2) is 117 Å². The number of carboxylic acids is 2. The number of anilines is 2. The fourth-order valence-electron chi connectivity index (χ4n) is 13.0. The van der Waals surface area contributed by atoms with Gasteiger partial charge in [0.2, 0.25) is 54.5 Å². The minimum absolute atomic E-state index is 0.0182. The van der Waals surface area contributed by atoms with Gasteiger partial charge in [-0.3, -0.25) is 57.1 Å². The predicted molar refractivity (Wildman–Crippen MR) is 432 cm³/mol. The topological polar surface area (TPSA) is 614 Å². The number of aromatic amines is 2. The monoisotopic (exact) mass is 1730 g/mol. The molecular formula is C74H93N17O24S4. The molecule has 0 fully saturated rings. The first-order valence-corrected chi connectivity index (χ1v) is 42.9. The zero-order valence-electron chi connectivity index (χ0n) is 65.9. The Balaban J connectivity index is 0.947. The number of aromatic nitrogens is 6. The molecule has 0 aliphatic carbocycles. The van der Waals surface area contributed by atoms with Crippen molar-refractivity contribution in [3.8, 4) is 0 Å². The normalized spacial score (nSPS) is 13.2. The molecule has 7 amide bonds. The van der Waals surface area contributed by atoms with Crippen molar-refractivity contribution in [3.05, 3.63) is 174 Å². The van der Waals surface area contributed by atoms with Gasteiger partial charge in [-0.2, -0.15) is 26.3 Å². The number of hydrogen-bond donors (Lipinski definition) is 17. The SMILES string of the molecule is Cc1cc(C)c(S(=O)(=O)NC(CNC(=O)c2cn(CCCNC(=O)[C@H](CS(=O)(=O)O)NC(=O)CC[C@H](NC(=O)OC(C)(C)C)C(=O)N[C@@H](CS(=O)(=O)O)C(=O)NCCCn3cc(C(=O)NCC(NS(=O)(=O)c4c(C)cc(C)cc4C)C(=O)O)c(=O)c4ccc(CNc5ncc[nH]5)cc43)c3cc(CNc4ncc[nH]4)ccc3c2=O)C(=O)O)c(C)c1. The number of rotatable bonds is 41. The van der Waals surface area contributed by atoms with E-state index in [0.717, 1.165) is 23.5 Å². The molecule has 0 saturated carbocycles. The van der Waals surface area contributed by atoms with Crippen LogP contribution in [0.5, 0.6) is 0 Å². The molecule has 119 heavy (non-hydrogen) atoms. The highest BCUT2D eigenvalue weighted by atomic mass is 32.2. The number of carboxylic acid groups (broad SMARTS) is 2. The summed E-state index contributed by atoms with van der Waals surface area (Å²) in [5.74, 6) is -12.7. The predicted octanol–water partition coefficient (Wildman–Crippen LogP) is 1.29. The molecule has 2 unspecified atom stereocenters. The summed E-state index contributed by atoms with van der Waals surface area (Å²) in [6.45, 7) is 11.6. The van der Waals surface area contributed by atoms with Gasteiger partial charge in [-0.1, -0.05) is 47.5 Å². The fraction of sp³-hybridized carbons (Fsp3) is 0.392. The molecule has 642 valence electrons. The van der Waals surface area contributed by atoms with Crippen LogP contribution in [0.25, 0.3) is 21.8 Å². The maximum absolute atomic E-state index is 14.2. The van der Waals surface area contributed by atoms with Crippen LogP contribution in [0.3, 0.4) is 0 Å². The molecule has 0 aliphatic rings. The highest BCUT2D eigenvalue weighted by Gasteiger charge is 2.35. The van der Waals surface area contributed by atoms with Crippen LogP contribution in [0.4, 0.5) is 16.7 Å². The third-order valence-corrected chi connectivity index (χ3v) is 23.1. The van der Waals surface area contributed by atoms with Gasteiger partial charge in [-0.25, -0.2) is 31.6 Å². The van der Waals surface area contributed by atoms with Crippen LogP contribution >= 0.6 is 0 Å². The van der Waals surface area contributed by atoms with Crippen LogP contribution in [0.2, 0.25) is 0 Å². The number of fused-ring (bicyclic) bond motifs is 2. The molecular weight excluding hydrogens is 1640 g/mol.